The van der Waals surface area contributed by atoms with E-state index in [1.807, 2.05) is 0 Å². The lowest BCUT2D eigenvalue weighted by Gasteiger charge is -2.24. The molecule has 98 valence electrons. The van der Waals surface area contributed by atoms with Gasteiger partial charge in [-0.3, -0.25) is 9.59 Å². The molecule has 0 bridgehead atoms. The zero-order chi connectivity index (χ0) is 13.3. The molecule has 1 aromatic rings. The maximum absolute atomic E-state index is 11.9. The summed E-state index contributed by atoms with van der Waals surface area (Å²) >= 11 is 0. The largest absolute Gasteiger partial charge is 0.438 e. The zero-order valence-corrected chi connectivity index (χ0v) is 10.3. The van der Waals surface area contributed by atoms with Crippen LogP contribution in [0, 0.1) is 0 Å². The minimum absolute atomic E-state index is 0.0895. The highest BCUT2D eigenvalue weighted by molar-refractivity contribution is 7.89. The molecular formula is C10H12N2O5S. The lowest BCUT2D eigenvalue weighted by Crippen LogP contribution is -2.38. The van der Waals surface area contributed by atoms with Gasteiger partial charge in [-0.05, 0) is 12.1 Å². The Balaban J connectivity index is 2.14. The van der Waals surface area contributed by atoms with Crippen molar-refractivity contribution < 1.29 is 22.4 Å². The van der Waals surface area contributed by atoms with E-state index in [0.717, 1.165) is 6.07 Å². The van der Waals surface area contributed by atoms with Crippen LogP contribution in [0.1, 0.15) is 23.4 Å². The van der Waals surface area contributed by atoms with Gasteiger partial charge in [0.1, 0.15) is 5.78 Å². The Labute approximate surface area is 104 Å². The van der Waals surface area contributed by atoms with E-state index in [4.69, 9.17) is 9.56 Å². The van der Waals surface area contributed by atoms with E-state index in [0.29, 0.717) is 25.9 Å². The minimum Gasteiger partial charge on any atom is -0.438 e. The molecule has 0 aromatic carbocycles. The average Bonchev–Trinajstić information content (AvgIpc) is 2.78. The number of nitrogens with two attached hydrogens (primary N) is 1. The van der Waals surface area contributed by atoms with E-state index < -0.39 is 21.0 Å². The number of carbonyl (C=O) groups is 2. The molecule has 2 heterocycles. The molecule has 1 amide bonds. The second kappa shape index (κ2) is 4.54. The van der Waals surface area contributed by atoms with Crippen LogP contribution in [-0.2, 0) is 14.8 Å². The van der Waals surface area contributed by atoms with Gasteiger partial charge in [0.15, 0.2) is 5.76 Å². The summed E-state index contributed by atoms with van der Waals surface area (Å²) in [7, 11) is -3.95. The zero-order valence-electron chi connectivity index (χ0n) is 9.46. The van der Waals surface area contributed by atoms with Crippen molar-refractivity contribution in [3.05, 3.63) is 17.9 Å². The number of rotatable bonds is 2. The highest BCUT2D eigenvalue weighted by Gasteiger charge is 2.25. The van der Waals surface area contributed by atoms with Gasteiger partial charge in [0.05, 0.1) is 0 Å². The van der Waals surface area contributed by atoms with Crippen LogP contribution in [0.3, 0.4) is 0 Å². The van der Waals surface area contributed by atoms with E-state index >= 15 is 0 Å². The number of carbonyl (C=O) groups excluding carboxylic acids is 2. The molecule has 0 radical (unpaired) electrons. The number of amides is 1. The van der Waals surface area contributed by atoms with E-state index in [1.165, 1.54) is 11.0 Å². The second-order valence-corrected chi connectivity index (χ2v) is 5.49. The fourth-order valence-corrected chi connectivity index (χ4v) is 2.17. The summed E-state index contributed by atoms with van der Waals surface area (Å²) in [4.78, 5) is 24.4. The Hall–Kier alpha value is -1.67. The number of hydrogen-bond donors (Lipinski definition) is 1. The molecular weight excluding hydrogens is 260 g/mol. The van der Waals surface area contributed by atoms with Crippen molar-refractivity contribution in [2.75, 3.05) is 13.1 Å². The first-order valence-corrected chi connectivity index (χ1v) is 6.86. The first-order chi connectivity index (χ1) is 8.38. The van der Waals surface area contributed by atoms with E-state index in [9.17, 15) is 18.0 Å². The van der Waals surface area contributed by atoms with Crippen LogP contribution in [0.15, 0.2) is 21.6 Å². The van der Waals surface area contributed by atoms with Crippen molar-refractivity contribution in [2.45, 2.75) is 17.9 Å². The molecule has 1 aromatic heterocycles. The summed E-state index contributed by atoms with van der Waals surface area (Å²) in [6.07, 6.45) is 0.628. The van der Waals surface area contributed by atoms with Gasteiger partial charge in [-0.15, -0.1) is 0 Å². The SMILES string of the molecule is NS(=O)(=O)c1ccc(C(=O)N2CCC(=O)CC2)o1. The van der Waals surface area contributed by atoms with E-state index in [2.05, 4.69) is 0 Å². The van der Waals surface area contributed by atoms with Gasteiger partial charge in [0.2, 0.25) is 5.09 Å². The number of Topliss-reactive ketones (excluding diaryl/α,β-unsaturated/α-hetero) is 1. The van der Waals surface area contributed by atoms with Gasteiger partial charge in [-0.1, -0.05) is 0 Å². The molecule has 0 unspecified atom stereocenters. The third-order valence-electron chi connectivity index (χ3n) is 2.68. The lowest BCUT2D eigenvalue weighted by atomic mass is 10.1. The van der Waals surface area contributed by atoms with Gasteiger partial charge in [-0.25, -0.2) is 13.6 Å². The number of ketones is 1. The van der Waals surface area contributed by atoms with Crippen molar-refractivity contribution in [1.82, 2.24) is 4.90 Å². The molecule has 0 aliphatic carbocycles. The van der Waals surface area contributed by atoms with Gasteiger partial charge in [0, 0.05) is 25.9 Å². The Morgan fingerprint density at radius 1 is 1.28 bits per heavy atom. The highest BCUT2D eigenvalue weighted by atomic mass is 32.2. The van der Waals surface area contributed by atoms with Crippen LogP contribution >= 0.6 is 0 Å². The van der Waals surface area contributed by atoms with Crippen molar-refractivity contribution in [3.8, 4) is 0 Å². The van der Waals surface area contributed by atoms with Gasteiger partial charge >= 0.3 is 0 Å². The fourth-order valence-electron chi connectivity index (χ4n) is 1.70. The summed E-state index contributed by atoms with van der Waals surface area (Å²) in [6.45, 7) is 0.645. The number of nitrogens with zero attached hydrogens (tertiary/aromatic N) is 1. The van der Waals surface area contributed by atoms with Crippen molar-refractivity contribution in [1.29, 1.82) is 0 Å². The van der Waals surface area contributed by atoms with Crippen LogP contribution < -0.4 is 5.14 Å². The van der Waals surface area contributed by atoms with E-state index in [-0.39, 0.29) is 11.5 Å². The molecule has 0 spiro atoms. The van der Waals surface area contributed by atoms with Crippen molar-refractivity contribution in [3.63, 3.8) is 0 Å². The Morgan fingerprint density at radius 2 is 1.89 bits per heavy atom. The topological polar surface area (TPSA) is 111 Å². The standard InChI is InChI=1S/C10H12N2O5S/c11-18(15,16)9-2-1-8(17-9)10(14)12-5-3-7(13)4-6-12/h1-2H,3-6H2,(H2,11,15,16). The summed E-state index contributed by atoms with van der Waals surface area (Å²) in [5.41, 5.74) is 0. The molecule has 1 fully saturated rings. The van der Waals surface area contributed by atoms with Crippen LogP contribution in [0.2, 0.25) is 0 Å². The van der Waals surface area contributed by atoms with Crippen molar-refractivity contribution in [2.24, 2.45) is 5.14 Å². The number of sulfonamides is 1. The monoisotopic (exact) mass is 272 g/mol. The molecule has 2 rings (SSSR count). The number of likely N-dealkylation sites (tertiary alicyclic amines) is 1. The summed E-state index contributed by atoms with van der Waals surface area (Å²) in [6, 6.07) is 2.40. The average molecular weight is 272 g/mol. The number of piperidine rings is 1. The molecule has 8 heteroatoms. The van der Waals surface area contributed by atoms with Gasteiger partial charge in [-0.2, -0.15) is 0 Å². The Bertz CT molecular complexity index is 579. The summed E-state index contributed by atoms with van der Waals surface area (Å²) in [5, 5.41) is 4.43. The molecule has 1 aliphatic rings. The smallest absolute Gasteiger partial charge is 0.289 e. The minimum atomic E-state index is -3.95. The first-order valence-electron chi connectivity index (χ1n) is 5.31. The highest BCUT2D eigenvalue weighted by Crippen LogP contribution is 2.16. The Morgan fingerprint density at radius 3 is 2.39 bits per heavy atom. The van der Waals surface area contributed by atoms with Crippen LogP contribution in [-0.4, -0.2) is 38.1 Å². The van der Waals surface area contributed by atoms with Crippen LogP contribution in [0.4, 0.5) is 0 Å². The summed E-state index contributed by atoms with van der Waals surface area (Å²) in [5.74, 6) is -0.408. The molecule has 18 heavy (non-hydrogen) atoms. The first kappa shape index (κ1) is 12.8. The van der Waals surface area contributed by atoms with Crippen LogP contribution in [0.5, 0.6) is 0 Å². The predicted molar refractivity (Wildman–Crippen MR) is 60.2 cm³/mol. The lowest BCUT2D eigenvalue weighted by molar-refractivity contribution is -0.120. The number of furan rings is 1. The van der Waals surface area contributed by atoms with E-state index in [1.54, 1.807) is 0 Å². The second-order valence-electron chi connectivity index (χ2n) is 3.99. The molecule has 7 nitrogen and oxygen atoms in total. The maximum atomic E-state index is 11.9. The molecule has 0 saturated carbocycles. The predicted octanol–water partition coefficient (Wildman–Crippen LogP) is -0.268. The maximum Gasteiger partial charge on any atom is 0.289 e. The van der Waals surface area contributed by atoms with Crippen LogP contribution in [0.25, 0.3) is 0 Å². The fraction of sp³-hybridized carbons (Fsp3) is 0.400. The van der Waals surface area contributed by atoms with Gasteiger partial charge < -0.3 is 9.32 Å². The Kier molecular flexibility index (Phi) is 3.22. The third-order valence-corrected chi connectivity index (χ3v) is 3.46. The number of primary sulfonamides is 1. The normalized spacial score (nSPS) is 16.9. The molecule has 0 atom stereocenters. The molecule has 1 saturated heterocycles. The molecule has 2 N–H and O–H groups in total. The van der Waals surface area contributed by atoms with Crippen molar-refractivity contribution >= 4 is 21.7 Å². The molecule has 1 aliphatic heterocycles. The number of hydrogen-bond acceptors (Lipinski definition) is 5. The quantitative estimate of drug-likeness (QED) is 0.796. The third kappa shape index (κ3) is 2.59. The van der Waals surface area contributed by atoms with Gasteiger partial charge in [0.25, 0.3) is 15.9 Å². The summed E-state index contributed by atoms with van der Waals surface area (Å²) < 4.78 is 26.9.